The normalized spacial score (nSPS) is 12.2. The Hall–Kier alpha value is -1.58. The molecule has 0 saturated carbocycles. The predicted molar refractivity (Wildman–Crippen MR) is 49.0 cm³/mol. The van der Waals surface area contributed by atoms with Crippen molar-refractivity contribution in [3.05, 3.63) is 29.6 Å². The topological polar surface area (TPSA) is 46.5 Å². The van der Waals surface area contributed by atoms with E-state index in [0.717, 1.165) is 0 Å². The van der Waals surface area contributed by atoms with Crippen LogP contribution in [0.25, 0.3) is 0 Å². The zero-order valence-corrected chi connectivity index (χ0v) is 7.95. The molecule has 0 radical (unpaired) electrons. The van der Waals surface area contributed by atoms with Gasteiger partial charge in [0.2, 0.25) is 0 Å². The highest BCUT2D eigenvalue weighted by Gasteiger charge is 2.17. The van der Waals surface area contributed by atoms with Crippen LogP contribution in [0.1, 0.15) is 18.4 Å². The van der Waals surface area contributed by atoms with Crippen LogP contribution in [0.5, 0.6) is 5.75 Å². The van der Waals surface area contributed by atoms with Gasteiger partial charge in [-0.05, 0) is 13.0 Å². The molecule has 0 unspecified atom stereocenters. The Morgan fingerprint density at radius 2 is 2.21 bits per heavy atom. The van der Waals surface area contributed by atoms with Gasteiger partial charge in [0.1, 0.15) is 11.6 Å². The monoisotopic (exact) mass is 198 g/mol. The first-order chi connectivity index (χ1) is 6.56. The molecule has 1 atom stereocenters. The third-order valence-corrected chi connectivity index (χ3v) is 2.04. The fraction of sp³-hybridized carbons (Fsp3) is 0.300. The molecule has 3 nitrogen and oxygen atoms in total. The summed E-state index contributed by atoms with van der Waals surface area (Å²) in [6.45, 7) is 1.44. The van der Waals surface area contributed by atoms with Crippen LogP contribution in [-0.2, 0) is 4.79 Å². The second kappa shape index (κ2) is 4.09. The van der Waals surface area contributed by atoms with Gasteiger partial charge in [0.15, 0.2) is 0 Å². The molecule has 0 fully saturated rings. The number of ether oxygens (including phenoxy) is 1. The SMILES string of the molecule is COc1ccc([C@@H](C)C(=O)O)c(F)c1. The van der Waals surface area contributed by atoms with E-state index in [4.69, 9.17) is 9.84 Å². The summed E-state index contributed by atoms with van der Waals surface area (Å²) in [5.74, 6) is -2.07. The number of aliphatic carboxylic acids is 1. The first-order valence-corrected chi connectivity index (χ1v) is 4.12. The number of methoxy groups -OCH3 is 1. The van der Waals surface area contributed by atoms with E-state index >= 15 is 0 Å². The molecule has 0 aliphatic heterocycles. The second-order valence-corrected chi connectivity index (χ2v) is 2.95. The second-order valence-electron chi connectivity index (χ2n) is 2.95. The van der Waals surface area contributed by atoms with Crippen LogP contribution in [0.2, 0.25) is 0 Å². The largest absolute Gasteiger partial charge is 0.497 e. The minimum atomic E-state index is -1.05. The molecule has 0 amide bonds. The first kappa shape index (κ1) is 10.5. The summed E-state index contributed by atoms with van der Waals surface area (Å²) in [6.07, 6.45) is 0. The highest BCUT2D eigenvalue weighted by molar-refractivity contribution is 5.75. The summed E-state index contributed by atoms with van der Waals surface area (Å²) >= 11 is 0. The van der Waals surface area contributed by atoms with Crippen LogP contribution >= 0.6 is 0 Å². The molecule has 1 rings (SSSR count). The van der Waals surface area contributed by atoms with Gasteiger partial charge in [0.25, 0.3) is 0 Å². The van der Waals surface area contributed by atoms with E-state index < -0.39 is 17.7 Å². The molecule has 0 saturated heterocycles. The third-order valence-electron chi connectivity index (χ3n) is 2.04. The number of carboxylic acids is 1. The van der Waals surface area contributed by atoms with Crippen molar-refractivity contribution in [3.8, 4) is 5.75 Å². The molecule has 0 heterocycles. The van der Waals surface area contributed by atoms with Crippen LogP contribution in [0, 0.1) is 5.82 Å². The minimum absolute atomic E-state index is 0.165. The summed E-state index contributed by atoms with van der Waals surface area (Å²) in [5.41, 5.74) is 0.165. The van der Waals surface area contributed by atoms with Gasteiger partial charge >= 0.3 is 5.97 Å². The van der Waals surface area contributed by atoms with Crippen LogP contribution in [-0.4, -0.2) is 18.2 Å². The lowest BCUT2D eigenvalue weighted by Crippen LogP contribution is -2.09. The Balaban J connectivity index is 3.05. The molecule has 1 N–H and O–H groups in total. The van der Waals surface area contributed by atoms with Gasteiger partial charge < -0.3 is 9.84 Å². The number of carboxylic acid groups (broad SMARTS) is 1. The Labute approximate surface area is 81.1 Å². The van der Waals surface area contributed by atoms with Crippen LogP contribution in [0.15, 0.2) is 18.2 Å². The Bertz CT molecular complexity index is 349. The molecule has 4 heteroatoms. The molecular formula is C10H11FO3. The van der Waals surface area contributed by atoms with Crippen molar-refractivity contribution in [1.29, 1.82) is 0 Å². The highest BCUT2D eigenvalue weighted by Crippen LogP contribution is 2.23. The molecule has 0 aromatic heterocycles. The van der Waals surface area contributed by atoms with Crippen LogP contribution < -0.4 is 4.74 Å². The number of rotatable bonds is 3. The number of carbonyl (C=O) groups is 1. The number of benzene rings is 1. The van der Waals surface area contributed by atoms with Crippen molar-refractivity contribution in [2.45, 2.75) is 12.8 Å². The quantitative estimate of drug-likeness (QED) is 0.808. The molecule has 0 aliphatic carbocycles. The Kier molecular flexibility index (Phi) is 3.06. The molecular weight excluding hydrogens is 187 g/mol. The van der Waals surface area contributed by atoms with E-state index in [-0.39, 0.29) is 5.56 Å². The van der Waals surface area contributed by atoms with Crippen molar-refractivity contribution < 1.29 is 19.0 Å². The lowest BCUT2D eigenvalue weighted by molar-refractivity contribution is -0.138. The van der Waals surface area contributed by atoms with E-state index in [2.05, 4.69) is 0 Å². The number of hydrogen-bond donors (Lipinski definition) is 1. The fourth-order valence-electron chi connectivity index (χ4n) is 1.12. The summed E-state index contributed by atoms with van der Waals surface area (Å²) in [7, 11) is 1.43. The van der Waals surface area contributed by atoms with Crippen molar-refractivity contribution in [2.24, 2.45) is 0 Å². The van der Waals surface area contributed by atoms with Gasteiger partial charge in [-0.2, -0.15) is 0 Å². The first-order valence-electron chi connectivity index (χ1n) is 4.12. The Morgan fingerprint density at radius 3 is 2.64 bits per heavy atom. The summed E-state index contributed by atoms with van der Waals surface area (Å²) < 4.78 is 18.1. The van der Waals surface area contributed by atoms with E-state index in [9.17, 15) is 9.18 Å². The minimum Gasteiger partial charge on any atom is -0.497 e. The summed E-state index contributed by atoms with van der Waals surface area (Å²) in [5, 5.41) is 8.69. The lowest BCUT2D eigenvalue weighted by Gasteiger charge is -2.08. The zero-order chi connectivity index (χ0) is 10.7. The van der Waals surface area contributed by atoms with E-state index in [1.807, 2.05) is 0 Å². The van der Waals surface area contributed by atoms with Gasteiger partial charge in [-0.25, -0.2) is 4.39 Å². The number of halogens is 1. The molecule has 0 bridgehead atoms. The molecule has 1 aromatic rings. The summed E-state index contributed by atoms with van der Waals surface area (Å²) in [6, 6.07) is 4.14. The average Bonchev–Trinajstić information content (AvgIpc) is 2.16. The van der Waals surface area contributed by atoms with Crippen molar-refractivity contribution >= 4 is 5.97 Å². The highest BCUT2D eigenvalue weighted by atomic mass is 19.1. The third kappa shape index (κ3) is 2.02. The van der Waals surface area contributed by atoms with Gasteiger partial charge in [0.05, 0.1) is 13.0 Å². The zero-order valence-electron chi connectivity index (χ0n) is 7.95. The number of hydrogen-bond acceptors (Lipinski definition) is 2. The van der Waals surface area contributed by atoms with Gasteiger partial charge in [-0.15, -0.1) is 0 Å². The molecule has 0 spiro atoms. The van der Waals surface area contributed by atoms with Gasteiger partial charge in [0, 0.05) is 11.6 Å². The maximum absolute atomic E-state index is 13.3. The Morgan fingerprint density at radius 1 is 1.57 bits per heavy atom. The van der Waals surface area contributed by atoms with E-state index in [0.29, 0.717) is 5.75 Å². The standard InChI is InChI=1S/C10H11FO3/c1-6(10(12)13)8-4-3-7(14-2)5-9(8)11/h3-6H,1-2H3,(H,12,13)/t6-/m1/s1. The van der Waals surface area contributed by atoms with Crippen molar-refractivity contribution in [3.63, 3.8) is 0 Å². The molecule has 1 aromatic carbocycles. The average molecular weight is 198 g/mol. The molecule has 0 aliphatic rings. The molecule has 14 heavy (non-hydrogen) atoms. The van der Waals surface area contributed by atoms with E-state index in [1.54, 1.807) is 0 Å². The maximum Gasteiger partial charge on any atom is 0.310 e. The van der Waals surface area contributed by atoms with Gasteiger partial charge in [-0.3, -0.25) is 4.79 Å². The van der Waals surface area contributed by atoms with Crippen molar-refractivity contribution in [1.82, 2.24) is 0 Å². The van der Waals surface area contributed by atoms with Crippen LogP contribution in [0.3, 0.4) is 0 Å². The predicted octanol–water partition coefficient (Wildman–Crippen LogP) is 2.02. The van der Waals surface area contributed by atoms with Crippen molar-refractivity contribution in [2.75, 3.05) is 7.11 Å². The smallest absolute Gasteiger partial charge is 0.310 e. The fourth-order valence-corrected chi connectivity index (χ4v) is 1.12. The lowest BCUT2D eigenvalue weighted by atomic mass is 10.0. The van der Waals surface area contributed by atoms with Gasteiger partial charge in [-0.1, -0.05) is 6.07 Å². The summed E-state index contributed by atoms with van der Waals surface area (Å²) in [4.78, 5) is 10.6. The maximum atomic E-state index is 13.3. The van der Waals surface area contributed by atoms with E-state index in [1.165, 1.54) is 32.2 Å². The molecule has 76 valence electrons. The van der Waals surface area contributed by atoms with Crippen LogP contribution in [0.4, 0.5) is 4.39 Å².